The molecule has 4 heterocycles. The number of aliphatic hydroxyl groups is 1. The minimum absolute atomic E-state index is 0.00507. The number of aliphatic hydroxyl groups excluding tert-OH is 1. The van der Waals surface area contributed by atoms with Crippen LogP contribution in [0, 0.1) is 5.92 Å². The zero-order valence-electron chi connectivity index (χ0n) is 22.2. The van der Waals surface area contributed by atoms with Crippen LogP contribution in [-0.2, 0) is 20.9 Å². The second kappa shape index (κ2) is 11.7. The fraction of sp³-hybridized carbons (Fsp3) is 0.517. The number of carbonyl (C=O) groups excluding carboxylic acids is 2. The van der Waals surface area contributed by atoms with Crippen LogP contribution < -0.4 is 16.0 Å². The van der Waals surface area contributed by atoms with Crippen molar-refractivity contribution in [3.05, 3.63) is 65.6 Å². The van der Waals surface area contributed by atoms with Gasteiger partial charge < -0.3 is 35.6 Å². The summed E-state index contributed by atoms with van der Waals surface area (Å²) in [5.41, 5.74) is 4.12. The van der Waals surface area contributed by atoms with E-state index in [0.717, 1.165) is 48.1 Å². The third-order valence-corrected chi connectivity index (χ3v) is 8.21. The molecule has 0 saturated carbocycles. The number of fused-ring (bicyclic) bond motifs is 1. The van der Waals surface area contributed by atoms with Gasteiger partial charge in [-0.3, -0.25) is 9.59 Å². The largest absolute Gasteiger partial charge is 0.392 e. The van der Waals surface area contributed by atoms with E-state index in [4.69, 9.17) is 4.74 Å². The summed E-state index contributed by atoms with van der Waals surface area (Å²) in [5, 5.41) is 19.1. The average Bonchev–Trinajstić information content (AvgIpc) is 3.63. The van der Waals surface area contributed by atoms with E-state index in [1.165, 1.54) is 0 Å². The normalized spacial score (nSPS) is 24.8. The van der Waals surface area contributed by atoms with Gasteiger partial charge in [-0.2, -0.15) is 0 Å². The van der Waals surface area contributed by atoms with Gasteiger partial charge >= 0.3 is 0 Å². The Morgan fingerprint density at radius 2 is 1.95 bits per heavy atom. The molecule has 2 fully saturated rings. The Hall–Kier alpha value is -3.14. The van der Waals surface area contributed by atoms with Gasteiger partial charge in [0, 0.05) is 37.7 Å². The molecule has 9 heteroatoms. The molecule has 5 rings (SSSR count). The molecule has 0 aromatic heterocycles. The average molecular weight is 522 g/mol. The van der Waals surface area contributed by atoms with Crippen molar-refractivity contribution in [2.24, 2.45) is 5.92 Å². The number of nitrogens with zero attached hydrogens (tertiary/aromatic N) is 2. The second-order valence-electron chi connectivity index (χ2n) is 10.5. The number of amides is 2. The van der Waals surface area contributed by atoms with Gasteiger partial charge in [0.15, 0.2) is 0 Å². The highest BCUT2D eigenvalue weighted by atomic mass is 16.5. The highest BCUT2D eigenvalue weighted by molar-refractivity contribution is 5.90. The molecule has 4 aliphatic heterocycles. The number of ether oxygens (including phenoxy) is 1. The van der Waals surface area contributed by atoms with Crippen LogP contribution in [0.2, 0.25) is 0 Å². The van der Waals surface area contributed by atoms with Crippen LogP contribution in [0.4, 0.5) is 0 Å². The molecule has 0 radical (unpaired) electrons. The zero-order valence-corrected chi connectivity index (χ0v) is 22.2. The number of hydrogen-bond acceptors (Lipinski definition) is 7. The molecule has 0 bridgehead atoms. The van der Waals surface area contributed by atoms with E-state index in [2.05, 4.69) is 33.1 Å². The molecule has 4 N–H and O–H groups in total. The molecule has 1 aromatic rings. The molecule has 3 unspecified atom stereocenters. The van der Waals surface area contributed by atoms with Gasteiger partial charge in [0.25, 0.3) is 0 Å². The number of carbonyl (C=O) groups is 2. The molecule has 4 atom stereocenters. The van der Waals surface area contributed by atoms with Gasteiger partial charge in [-0.1, -0.05) is 30.3 Å². The molecule has 38 heavy (non-hydrogen) atoms. The van der Waals surface area contributed by atoms with E-state index in [1.807, 2.05) is 41.4 Å². The first-order chi connectivity index (χ1) is 18.5. The van der Waals surface area contributed by atoms with Crippen molar-refractivity contribution in [1.82, 2.24) is 25.8 Å². The Balaban J connectivity index is 1.33. The highest BCUT2D eigenvalue weighted by Crippen LogP contribution is 2.34. The van der Waals surface area contributed by atoms with Crippen molar-refractivity contribution >= 4 is 17.4 Å². The van der Waals surface area contributed by atoms with Crippen LogP contribution in [0.25, 0.3) is 5.57 Å². The Morgan fingerprint density at radius 1 is 1.18 bits per heavy atom. The summed E-state index contributed by atoms with van der Waals surface area (Å²) >= 11 is 0. The topological polar surface area (TPSA) is 106 Å². The van der Waals surface area contributed by atoms with E-state index >= 15 is 0 Å². The van der Waals surface area contributed by atoms with Gasteiger partial charge in [0.2, 0.25) is 11.8 Å². The van der Waals surface area contributed by atoms with E-state index in [0.29, 0.717) is 19.8 Å². The first-order valence-electron chi connectivity index (χ1n) is 13.7. The SMILES string of the molecule is CN[C@@H](C)C(=O)NC(C(=O)N1CCCC1C1=CN2C=CC=C(c3ccc(CO)cc3)C2N1)C1CCOCC1. The van der Waals surface area contributed by atoms with Crippen LogP contribution in [0.5, 0.6) is 0 Å². The molecule has 0 aliphatic carbocycles. The maximum absolute atomic E-state index is 14.1. The monoisotopic (exact) mass is 521 g/mol. The van der Waals surface area contributed by atoms with Crippen LogP contribution >= 0.6 is 0 Å². The lowest BCUT2D eigenvalue weighted by Gasteiger charge is -2.36. The van der Waals surface area contributed by atoms with Crippen molar-refractivity contribution in [2.75, 3.05) is 26.8 Å². The molecule has 4 aliphatic rings. The third kappa shape index (κ3) is 5.36. The van der Waals surface area contributed by atoms with Gasteiger partial charge in [0.1, 0.15) is 12.2 Å². The molecule has 2 saturated heterocycles. The summed E-state index contributed by atoms with van der Waals surface area (Å²) in [6, 6.07) is 6.95. The fourth-order valence-electron chi connectivity index (χ4n) is 5.82. The quantitative estimate of drug-likeness (QED) is 0.412. The van der Waals surface area contributed by atoms with Crippen LogP contribution in [0.15, 0.2) is 54.5 Å². The van der Waals surface area contributed by atoms with E-state index in [9.17, 15) is 14.7 Å². The van der Waals surface area contributed by atoms with E-state index < -0.39 is 6.04 Å². The molecule has 204 valence electrons. The maximum atomic E-state index is 14.1. The van der Waals surface area contributed by atoms with Crippen molar-refractivity contribution < 1.29 is 19.4 Å². The number of hydrogen-bond donors (Lipinski definition) is 4. The summed E-state index contributed by atoms with van der Waals surface area (Å²) in [7, 11) is 1.75. The van der Waals surface area contributed by atoms with Crippen LogP contribution in [-0.4, -0.2) is 77.8 Å². The molecule has 9 nitrogen and oxygen atoms in total. The lowest BCUT2D eigenvalue weighted by atomic mass is 9.90. The van der Waals surface area contributed by atoms with Gasteiger partial charge in [-0.15, -0.1) is 0 Å². The molecule has 0 spiro atoms. The highest BCUT2D eigenvalue weighted by Gasteiger charge is 2.42. The van der Waals surface area contributed by atoms with Crippen molar-refractivity contribution in [2.45, 2.75) is 63.5 Å². The predicted octanol–water partition coefficient (Wildman–Crippen LogP) is 1.67. The Kier molecular flexibility index (Phi) is 8.16. The van der Waals surface area contributed by atoms with Crippen molar-refractivity contribution in [3.63, 3.8) is 0 Å². The summed E-state index contributed by atoms with van der Waals surface area (Å²) in [4.78, 5) is 31.0. The maximum Gasteiger partial charge on any atom is 0.246 e. The van der Waals surface area contributed by atoms with Crippen molar-refractivity contribution in [1.29, 1.82) is 0 Å². The first kappa shape index (κ1) is 26.5. The smallest absolute Gasteiger partial charge is 0.246 e. The summed E-state index contributed by atoms with van der Waals surface area (Å²) in [5.74, 6) is -0.105. The number of allylic oxidation sites excluding steroid dienone is 2. The summed E-state index contributed by atoms with van der Waals surface area (Å²) in [6.45, 7) is 3.72. The Morgan fingerprint density at radius 3 is 2.66 bits per heavy atom. The van der Waals surface area contributed by atoms with Gasteiger partial charge in [-0.05, 0) is 62.8 Å². The number of rotatable bonds is 8. The van der Waals surface area contributed by atoms with Gasteiger partial charge in [-0.25, -0.2) is 0 Å². The number of likely N-dealkylation sites (tertiary alicyclic amines) is 1. The number of likely N-dealkylation sites (N-methyl/N-ethyl adjacent to an activating group) is 1. The number of benzene rings is 1. The molecular weight excluding hydrogens is 482 g/mol. The number of nitrogens with one attached hydrogen (secondary N) is 3. The van der Waals surface area contributed by atoms with E-state index in [-0.39, 0.29) is 42.6 Å². The predicted molar refractivity (Wildman–Crippen MR) is 145 cm³/mol. The second-order valence-corrected chi connectivity index (χ2v) is 10.5. The van der Waals surface area contributed by atoms with Crippen LogP contribution in [0.3, 0.4) is 0 Å². The van der Waals surface area contributed by atoms with E-state index in [1.54, 1.807) is 14.0 Å². The lowest BCUT2D eigenvalue weighted by Crippen LogP contribution is -2.57. The minimum Gasteiger partial charge on any atom is -0.392 e. The fourth-order valence-corrected chi connectivity index (χ4v) is 5.82. The van der Waals surface area contributed by atoms with Crippen molar-refractivity contribution in [3.8, 4) is 0 Å². The first-order valence-corrected chi connectivity index (χ1v) is 13.7. The van der Waals surface area contributed by atoms with Crippen LogP contribution in [0.1, 0.15) is 43.7 Å². The Labute approximate surface area is 224 Å². The standard InChI is InChI=1S/C29H39N5O4/c1-19(30-2)28(36)32-26(22-11-15-38-16-12-22)29(37)34-14-4-6-25(34)24-17-33-13-3-5-23(27(33)31-24)21-9-7-20(18-35)8-10-21/h3,5,7-10,13,17,19,22,25-27,30-31,35H,4,6,11-12,14-16,18H2,1-2H3,(H,32,36)/t19-,25?,26?,27?/m0/s1. The molecule has 1 aromatic carbocycles. The van der Waals surface area contributed by atoms with Gasteiger partial charge in [0.05, 0.1) is 24.4 Å². The minimum atomic E-state index is -0.562. The Bertz CT molecular complexity index is 1110. The zero-order chi connectivity index (χ0) is 26.6. The third-order valence-electron chi connectivity index (χ3n) is 8.21. The summed E-state index contributed by atoms with van der Waals surface area (Å²) in [6.07, 6.45) is 11.5. The molecular formula is C29H39N5O4. The summed E-state index contributed by atoms with van der Waals surface area (Å²) < 4.78 is 5.55. The lowest BCUT2D eigenvalue weighted by molar-refractivity contribution is -0.139. The molecule has 2 amide bonds.